The van der Waals surface area contributed by atoms with E-state index in [0.29, 0.717) is 43.7 Å². The highest BCUT2D eigenvalue weighted by Gasteiger charge is 2.19. The van der Waals surface area contributed by atoms with E-state index in [1.807, 2.05) is 0 Å². The van der Waals surface area contributed by atoms with Crippen molar-refractivity contribution in [3.8, 4) is 11.4 Å². The lowest BCUT2D eigenvalue weighted by Gasteiger charge is -2.06. The zero-order valence-electron chi connectivity index (χ0n) is 13.6. The molecule has 0 radical (unpaired) electrons. The van der Waals surface area contributed by atoms with Crippen LogP contribution in [-0.4, -0.2) is 27.4 Å². The highest BCUT2D eigenvalue weighted by atomic mass is 35.5. The Balaban J connectivity index is 1.79. The van der Waals surface area contributed by atoms with Gasteiger partial charge in [-0.25, -0.2) is 9.47 Å². The van der Waals surface area contributed by atoms with Gasteiger partial charge >= 0.3 is 5.97 Å². The van der Waals surface area contributed by atoms with Gasteiger partial charge in [0.1, 0.15) is 11.3 Å². The zero-order chi connectivity index (χ0) is 18.7. The number of rotatable bonds is 6. The Morgan fingerprint density at radius 3 is 2.92 bits per heavy atom. The molecule has 3 aromatic rings. The molecule has 0 fully saturated rings. The zero-order valence-corrected chi connectivity index (χ0v) is 15.9. The van der Waals surface area contributed by atoms with E-state index in [9.17, 15) is 4.79 Å². The SMILES string of the molecule is CCOC(=O)c1ccoc1CSc1nnc(-c2cc(Cl)ccc2Cl)n1N. The molecule has 2 N–H and O–H groups in total. The molecule has 2 aromatic heterocycles. The van der Waals surface area contributed by atoms with Crippen molar-refractivity contribution in [1.29, 1.82) is 0 Å². The fourth-order valence-corrected chi connectivity index (χ4v) is 3.38. The first kappa shape index (κ1) is 18.6. The molecule has 2 heterocycles. The van der Waals surface area contributed by atoms with Crippen LogP contribution >= 0.6 is 35.0 Å². The largest absolute Gasteiger partial charge is 0.468 e. The summed E-state index contributed by atoms with van der Waals surface area (Å²) >= 11 is 13.5. The first-order chi connectivity index (χ1) is 12.5. The van der Waals surface area contributed by atoms with E-state index < -0.39 is 5.97 Å². The van der Waals surface area contributed by atoms with Crippen LogP contribution in [0.15, 0.2) is 40.1 Å². The van der Waals surface area contributed by atoms with E-state index in [0.717, 1.165) is 0 Å². The topological polar surface area (TPSA) is 96.2 Å². The van der Waals surface area contributed by atoms with Gasteiger partial charge in [-0.15, -0.1) is 10.2 Å². The molecule has 10 heteroatoms. The van der Waals surface area contributed by atoms with Gasteiger partial charge in [-0.3, -0.25) is 0 Å². The number of nitrogens with zero attached hydrogens (tertiary/aromatic N) is 3. The standard InChI is InChI=1S/C16H14Cl2N4O3S/c1-2-24-15(23)10-5-6-25-13(10)8-26-16-21-20-14(22(16)19)11-7-9(17)3-4-12(11)18/h3-7H,2,8,19H2,1H3. The Morgan fingerprint density at radius 1 is 1.35 bits per heavy atom. The van der Waals surface area contributed by atoms with Crippen LogP contribution in [0.2, 0.25) is 10.0 Å². The Hall–Kier alpha value is -2.16. The van der Waals surface area contributed by atoms with Crippen molar-refractivity contribution in [1.82, 2.24) is 14.9 Å². The summed E-state index contributed by atoms with van der Waals surface area (Å²) < 4.78 is 11.7. The number of aromatic nitrogens is 3. The van der Waals surface area contributed by atoms with Crippen molar-refractivity contribution in [2.75, 3.05) is 12.4 Å². The molecule has 0 saturated carbocycles. The summed E-state index contributed by atoms with van der Waals surface area (Å²) in [5.41, 5.74) is 0.951. The normalized spacial score (nSPS) is 10.9. The molecule has 0 spiro atoms. The molecule has 0 bridgehead atoms. The molecule has 0 aliphatic carbocycles. The minimum atomic E-state index is -0.433. The summed E-state index contributed by atoms with van der Waals surface area (Å²) in [5, 5.41) is 9.54. The Morgan fingerprint density at radius 2 is 2.15 bits per heavy atom. The van der Waals surface area contributed by atoms with Crippen LogP contribution in [0.5, 0.6) is 0 Å². The summed E-state index contributed by atoms with van der Waals surface area (Å²) in [7, 11) is 0. The number of hydrogen-bond acceptors (Lipinski definition) is 7. The van der Waals surface area contributed by atoms with Crippen LogP contribution in [0, 0.1) is 0 Å². The second-order valence-electron chi connectivity index (χ2n) is 5.07. The second-order valence-corrected chi connectivity index (χ2v) is 6.85. The number of esters is 1. The molecule has 0 atom stereocenters. The first-order valence-electron chi connectivity index (χ1n) is 7.53. The maximum atomic E-state index is 11.9. The molecule has 26 heavy (non-hydrogen) atoms. The molecule has 3 rings (SSSR count). The molecule has 7 nitrogen and oxygen atoms in total. The van der Waals surface area contributed by atoms with Gasteiger partial charge in [0.2, 0.25) is 5.16 Å². The van der Waals surface area contributed by atoms with Crippen molar-refractivity contribution in [2.45, 2.75) is 17.8 Å². The Kier molecular flexibility index (Phi) is 5.75. The summed E-state index contributed by atoms with van der Waals surface area (Å²) in [6.07, 6.45) is 1.44. The highest BCUT2D eigenvalue weighted by Crippen LogP contribution is 2.31. The van der Waals surface area contributed by atoms with E-state index in [1.54, 1.807) is 31.2 Å². The number of halogens is 2. The first-order valence-corrected chi connectivity index (χ1v) is 9.27. The second kappa shape index (κ2) is 8.03. The smallest absolute Gasteiger partial charge is 0.341 e. The maximum Gasteiger partial charge on any atom is 0.341 e. The Labute approximate surface area is 163 Å². The third-order valence-electron chi connectivity index (χ3n) is 3.41. The molecular formula is C16H14Cl2N4O3S. The summed E-state index contributed by atoms with van der Waals surface area (Å²) in [6, 6.07) is 6.57. The summed E-state index contributed by atoms with van der Waals surface area (Å²) in [6.45, 7) is 2.03. The van der Waals surface area contributed by atoms with Crippen LogP contribution < -0.4 is 5.84 Å². The number of benzene rings is 1. The summed E-state index contributed by atoms with van der Waals surface area (Å²) in [5.74, 6) is 6.84. The van der Waals surface area contributed by atoms with E-state index in [4.69, 9.17) is 38.2 Å². The van der Waals surface area contributed by atoms with Gasteiger partial charge in [0, 0.05) is 10.6 Å². The molecule has 0 aliphatic heterocycles. The lowest BCUT2D eigenvalue weighted by Crippen LogP contribution is -2.12. The number of carbonyl (C=O) groups excluding carboxylic acids is 1. The summed E-state index contributed by atoms with van der Waals surface area (Å²) in [4.78, 5) is 11.9. The number of nitrogens with two attached hydrogens (primary N) is 1. The molecule has 0 amide bonds. The number of hydrogen-bond donors (Lipinski definition) is 1. The van der Waals surface area contributed by atoms with Crippen LogP contribution in [-0.2, 0) is 10.5 Å². The van der Waals surface area contributed by atoms with E-state index in [-0.39, 0.29) is 6.61 Å². The van der Waals surface area contributed by atoms with Crippen molar-refractivity contribution in [3.63, 3.8) is 0 Å². The van der Waals surface area contributed by atoms with Crippen LogP contribution in [0.3, 0.4) is 0 Å². The predicted octanol–water partition coefficient (Wildman–Crippen LogP) is 4.03. The van der Waals surface area contributed by atoms with Crippen LogP contribution in [0.25, 0.3) is 11.4 Å². The van der Waals surface area contributed by atoms with Gasteiger partial charge in [-0.05, 0) is 31.2 Å². The van der Waals surface area contributed by atoms with Gasteiger partial charge in [0.25, 0.3) is 0 Å². The third kappa shape index (κ3) is 3.82. The number of furan rings is 1. The maximum absolute atomic E-state index is 11.9. The van der Waals surface area contributed by atoms with Crippen molar-refractivity contribution in [2.24, 2.45) is 0 Å². The number of nitrogen functional groups attached to an aromatic ring is 1. The van der Waals surface area contributed by atoms with Gasteiger partial charge in [-0.1, -0.05) is 35.0 Å². The molecule has 0 saturated heterocycles. The van der Waals surface area contributed by atoms with Crippen molar-refractivity contribution < 1.29 is 13.9 Å². The predicted molar refractivity (Wildman–Crippen MR) is 99.9 cm³/mol. The highest BCUT2D eigenvalue weighted by molar-refractivity contribution is 7.98. The van der Waals surface area contributed by atoms with Crippen molar-refractivity contribution >= 4 is 40.9 Å². The average molecular weight is 413 g/mol. The minimum Gasteiger partial charge on any atom is -0.468 e. The Bertz CT molecular complexity index is 941. The molecule has 0 unspecified atom stereocenters. The monoisotopic (exact) mass is 412 g/mol. The van der Waals surface area contributed by atoms with Crippen LogP contribution in [0.4, 0.5) is 0 Å². The van der Waals surface area contributed by atoms with E-state index >= 15 is 0 Å². The lowest BCUT2D eigenvalue weighted by atomic mass is 10.2. The van der Waals surface area contributed by atoms with Crippen LogP contribution in [0.1, 0.15) is 23.0 Å². The number of thioether (sulfide) groups is 1. The van der Waals surface area contributed by atoms with E-state index in [2.05, 4.69) is 10.2 Å². The van der Waals surface area contributed by atoms with Gasteiger partial charge < -0.3 is 15.0 Å². The van der Waals surface area contributed by atoms with Crippen molar-refractivity contribution in [3.05, 3.63) is 51.9 Å². The average Bonchev–Trinajstić information content (AvgIpc) is 3.22. The van der Waals surface area contributed by atoms with Gasteiger partial charge in [0.05, 0.1) is 23.6 Å². The molecular weight excluding hydrogens is 399 g/mol. The minimum absolute atomic E-state index is 0.289. The van der Waals surface area contributed by atoms with Gasteiger partial charge in [0.15, 0.2) is 5.82 Å². The van der Waals surface area contributed by atoms with Gasteiger partial charge in [-0.2, -0.15) is 0 Å². The van der Waals surface area contributed by atoms with E-state index in [1.165, 1.54) is 22.7 Å². The molecule has 136 valence electrons. The number of carbonyl (C=O) groups is 1. The quantitative estimate of drug-likeness (QED) is 0.370. The molecule has 1 aromatic carbocycles. The molecule has 0 aliphatic rings. The fourth-order valence-electron chi connectivity index (χ4n) is 2.20. The fraction of sp³-hybridized carbons (Fsp3) is 0.188. The lowest BCUT2D eigenvalue weighted by molar-refractivity contribution is 0.0524. The number of ether oxygens (including phenoxy) is 1. The third-order valence-corrected chi connectivity index (χ3v) is 4.91.